The lowest BCUT2D eigenvalue weighted by molar-refractivity contribution is -0.142. The second kappa shape index (κ2) is 9.11. The number of aryl methyl sites for hydroxylation is 1. The fraction of sp³-hybridized carbons (Fsp3) is 0.286. The molecule has 1 heterocycles. The van der Waals surface area contributed by atoms with Gasteiger partial charge < -0.3 is 14.2 Å². The number of hydrogen-bond donors (Lipinski definition) is 1. The minimum absolute atomic E-state index is 0.138. The van der Waals surface area contributed by atoms with Crippen molar-refractivity contribution >= 4 is 32.5 Å². The van der Waals surface area contributed by atoms with Crippen LogP contribution < -0.4 is 9.62 Å². The molecule has 0 aliphatic carbocycles. The summed E-state index contributed by atoms with van der Waals surface area (Å²) in [6, 6.07) is 14.5. The highest BCUT2D eigenvalue weighted by Gasteiger charge is 2.19. The summed E-state index contributed by atoms with van der Waals surface area (Å²) in [6.45, 7) is 0.561. The van der Waals surface area contributed by atoms with Crippen molar-refractivity contribution in [1.82, 2.24) is 9.29 Å². The molecule has 3 rings (SSSR count). The summed E-state index contributed by atoms with van der Waals surface area (Å²) in [5.41, 5.74) is 0.918. The molecule has 0 unspecified atom stereocenters. The molecular weight excluding hydrogens is 390 g/mol. The molecule has 1 aromatic heterocycles. The number of anilines is 1. The van der Waals surface area contributed by atoms with Gasteiger partial charge in [-0.3, -0.25) is 4.79 Å². The number of ether oxygens (including phenoxy) is 1. The van der Waals surface area contributed by atoms with Crippen LogP contribution in [-0.4, -0.2) is 46.2 Å². The number of rotatable bonds is 9. The van der Waals surface area contributed by atoms with Gasteiger partial charge in [0.25, 0.3) is 0 Å². The molecule has 2 aromatic carbocycles. The molecule has 0 bridgehead atoms. The monoisotopic (exact) mass is 415 g/mol. The first-order chi connectivity index (χ1) is 13.9. The fourth-order valence-electron chi connectivity index (χ4n) is 3.12. The molecule has 0 amide bonds. The van der Waals surface area contributed by atoms with Crippen molar-refractivity contribution in [3.63, 3.8) is 0 Å². The number of aromatic nitrogens is 1. The molecule has 29 heavy (non-hydrogen) atoms. The zero-order valence-electron chi connectivity index (χ0n) is 16.5. The Bertz CT molecular complexity index is 1080. The van der Waals surface area contributed by atoms with E-state index in [0.29, 0.717) is 11.8 Å². The maximum Gasteiger partial charge on any atom is 0.321 e. The van der Waals surface area contributed by atoms with Crippen molar-refractivity contribution in [2.45, 2.75) is 17.9 Å². The number of nitrogens with one attached hydrogen (secondary N) is 1. The molecule has 0 saturated carbocycles. The van der Waals surface area contributed by atoms with Crippen LogP contribution in [0.2, 0.25) is 0 Å². The maximum absolute atomic E-state index is 12.8. The molecule has 154 valence electrons. The molecule has 0 aliphatic rings. The average molecular weight is 416 g/mol. The number of carbonyl (C=O) groups excluding carboxylic acids is 1. The number of esters is 1. The summed E-state index contributed by atoms with van der Waals surface area (Å²) in [4.78, 5) is 14.0. The highest BCUT2D eigenvalue weighted by Crippen LogP contribution is 2.29. The van der Waals surface area contributed by atoms with Gasteiger partial charge in [0.15, 0.2) is 0 Å². The van der Waals surface area contributed by atoms with Crippen LogP contribution in [0.1, 0.15) is 6.42 Å². The van der Waals surface area contributed by atoms with Crippen molar-refractivity contribution < 1.29 is 17.9 Å². The normalized spacial score (nSPS) is 11.5. The van der Waals surface area contributed by atoms with E-state index in [9.17, 15) is 13.2 Å². The quantitative estimate of drug-likeness (QED) is 0.429. The van der Waals surface area contributed by atoms with Gasteiger partial charge in [0.05, 0.1) is 11.5 Å². The third-order valence-corrected chi connectivity index (χ3v) is 5.99. The van der Waals surface area contributed by atoms with E-state index in [1.165, 1.54) is 6.07 Å². The Hall–Kier alpha value is -2.84. The van der Waals surface area contributed by atoms with Gasteiger partial charge in [0.2, 0.25) is 10.0 Å². The van der Waals surface area contributed by atoms with E-state index in [0.717, 1.165) is 17.6 Å². The highest BCUT2D eigenvalue weighted by molar-refractivity contribution is 7.89. The Morgan fingerprint density at radius 3 is 2.45 bits per heavy atom. The lowest BCUT2D eigenvalue weighted by atomic mass is 10.1. The average Bonchev–Trinajstić information content (AvgIpc) is 3.22. The van der Waals surface area contributed by atoms with Crippen molar-refractivity contribution in [2.75, 3.05) is 32.1 Å². The number of fused-ring (bicyclic) bond motifs is 1. The van der Waals surface area contributed by atoms with Crippen LogP contribution in [-0.2, 0) is 26.1 Å². The van der Waals surface area contributed by atoms with Gasteiger partial charge in [-0.2, -0.15) is 4.72 Å². The van der Waals surface area contributed by atoms with Gasteiger partial charge >= 0.3 is 5.97 Å². The van der Waals surface area contributed by atoms with Crippen LogP contribution in [0.4, 0.5) is 5.69 Å². The molecule has 1 N–H and O–H groups in total. The van der Waals surface area contributed by atoms with Gasteiger partial charge in [-0.15, -0.1) is 0 Å². The number of nitrogens with zero attached hydrogens (tertiary/aromatic N) is 2. The maximum atomic E-state index is 12.8. The smallest absolute Gasteiger partial charge is 0.321 e. The van der Waals surface area contributed by atoms with Crippen LogP contribution in [0.25, 0.3) is 10.8 Å². The van der Waals surface area contributed by atoms with Crippen LogP contribution >= 0.6 is 0 Å². The minimum Gasteiger partial charge on any atom is -0.465 e. The van der Waals surface area contributed by atoms with Crippen molar-refractivity contribution in [3.8, 4) is 0 Å². The summed E-state index contributed by atoms with van der Waals surface area (Å²) >= 11 is 0. The zero-order chi connectivity index (χ0) is 20.9. The standard InChI is InChI=1S/C21H25N3O4S/c1-23(2)19-10-5-9-18-17(19)8-6-11-20(18)29(26,27)22-16-21(25)28-15-7-14-24-12-3-4-13-24/h3-6,8-13,22H,7,14-16H2,1-2H3. The number of carbonyl (C=O) groups is 1. The molecule has 0 aliphatic heterocycles. The summed E-state index contributed by atoms with van der Waals surface area (Å²) in [7, 11) is -0.0574. The van der Waals surface area contributed by atoms with E-state index >= 15 is 0 Å². The van der Waals surface area contributed by atoms with Gasteiger partial charge in [0.1, 0.15) is 6.54 Å². The molecule has 0 spiro atoms. The van der Waals surface area contributed by atoms with E-state index in [2.05, 4.69) is 4.72 Å². The lowest BCUT2D eigenvalue weighted by Gasteiger charge is -2.17. The Morgan fingerprint density at radius 2 is 1.72 bits per heavy atom. The number of hydrogen-bond acceptors (Lipinski definition) is 5. The van der Waals surface area contributed by atoms with Crippen LogP contribution in [0.5, 0.6) is 0 Å². The van der Waals surface area contributed by atoms with Gasteiger partial charge in [-0.05, 0) is 30.7 Å². The predicted molar refractivity (Wildman–Crippen MR) is 113 cm³/mol. The molecule has 0 saturated heterocycles. The summed E-state index contributed by atoms with van der Waals surface area (Å²) in [6.07, 6.45) is 4.52. The molecule has 7 nitrogen and oxygen atoms in total. The Morgan fingerprint density at radius 1 is 1.03 bits per heavy atom. The van der Waals surface area contributed by atoms with Crippen molar-refractivity contribution in [2.24, 2.45) is 0 Å². The topological polar surface area (TPSA) is 80.6 Å². The fourth-order valence-corrected chi connectivity index (χ4v) is 4.31. The van der Waals surface area contributed by atoms with E-state index in [-0.39, 0.29) is 11.5 Å². The SMILES string of the molecule is CN(C)c1cccc2c(S(=O)(=O)NCC(=O)OCCCn3cccc3)cccc12. The zero-order valence-corrected chi connectivity index (χ0v) is 17.4. The highest BCUT2D eigenvalue weighted by atomic mass is 32.2. The van der Waals surface area contributed by atoms with E-state index in [4.69, 9.17) is 4.74 Å². The van der Waals surface area contributed by atoms with E-state index in [1.54, 1.807) is 12.1 Å². The first kappa shape index (κ1) is 20.9. The molecule has 8 heteroatoms. The number of sulfonamides is 1. The van der Waals surface area contributed by atoms with E-state index < -0.39 is 22.5 Å². The summed E-state index contributed by atoms with van der Waals surface area (Å²) < 4.78 is 35.0. The van der Waals surface area contributed by atoms with E-state index in [1.807, 2.05) is 66.3 Å². The Kier molecular flexibility index (Phi) is 6.56. The first-order valence-corrected chi connectivity index (χ1v) is 10.8. The second-order valence-corrected chi connectivity index (χ2v) is 8.58. The van der Waals surface area contributed by atoms with Crippen molar-refractivity contribution in [1.29, 1.82) is 0 Å². The van der Waals surface area contributed by atoms with Crippen LogP contribution in [0.3, 0.4) is 0 Å². The van der Waals surface area contributed by atoms with Crippen molar-refractivity contribution in [3.05, 3.63) is 60.9 Å². The van der Waals surface area contributed by atoms with Gasteiger partial charge in [-0.25, -0.2) is 8.42 Å². The Labute approximate surface area is 170 Å². The van der Waals surface area contributed by atoms with Crippen LogP contribution in [0, 0.1) is 0 Å². The lowest BCUT2D eigenvalue weighted by Crippen LogP contribution is -2.31. The molecule has 3 aromatic rings. The molecular formula is C21H25N3O4S. The molecule has 0 atom stereocenters. The molecule has 0 fully saturated rings. The molecule has 0 radical (unpaired) electrons. The summed E-state index contributed by atoms with van der Waals surface area (Å²) in [5.74, 6) is -0.602. The minimum atomic E-state index is -3.86. The third-order valence-electron chi connectivity index (χ3n) is 4.53. The largest absolute Gasteiger partial charge is 0.465 e. The van der Waals surface area contributed by atoms with Gasteiger partial charge in [-0.1, -0.05) is 24.3 Å². The first-order valence-electron chi connectivity index (χ1n) is 9.33. The third kappa shape index (κ3) is 5.16. The summed E-state index contributed by atoms with van der Waals surface area (Å²) in [5, 5.41) is 1.43. The van der Waals surface area contributed by atoms with Gasteiger partial charge in [0, 0.05) is 49.5 Å². The Balaban J connectivity index is 1.62. The number of benzene rings is 2. The van der Waals surface area contributed by atoms with Crippen LogP contribution in [0.15, 0.2) is 65.8 Å². The second-order valence-electron chi connectivity index (χ2n) is 6.84. The predicted octanol–water partition coefficient (Wildman–Crippen LogP) is 2.62.